The van der Waals surface area contributed by atoms with Crippen LogP contribution in [0.5, 0.6) is 5.75 Å². The number of alkyl halides is 3. The first-order valence-corrected chi connectivity index (χ1v) is 8.56. The monoisotopic (exact) mass is 389 g/mol. The summed E-state index contributed by atoms with van der Waals surface area (Å²) in [5.41, 5.74) is 0.00379. The molecule has 0 radical (unpaired) electrons. The van der Waals surface area contributed by atoms with Gasteiger partial charge in [0.1, 0.15) is 11.5 Å². The third kappa shape index (κ3) is 4.94. The van der Waals surface area contributed by atoms with Gasteiger partial charge in [0.15, 0.2) is 0 Å². The van der Waals surface area contributed by atoms with Crippen LogP contribution in [-0.4, -0.2) is 15.9 Å². The van der Waals surface area contributed by atoms with Gasteiger partial charge in [-0.05, 0) is 29.8 Å². The normalized spacial score (nSPS) is 11.4. The number of furan rings is 1. The minimum Gasteiger partial charge on any atom is -0.508 e. The van der Waals surface area contributed by atoms with Gasteiger partial charge >= 0.3 is 6.18 Å². The number of rotatable bonds is 6. The van der Waals surface area contributed by atoms with Gasteiger partial charge in [-0.1, -0.05) is 36.4 Å². The Kier molecular flexibility index (Phi) is 5.73. The van der Waals surface area contributed by atoms with Crippen LogP contribution in [0.1, 0.15) is 22.5 Å². The summed E-state index contributed by atoms with van der Waals surface area (Å²) in [7, 11) is 0. The second-order valence-corrected chi connectivity index (χ2v) is 6.33. The van der Waals surface area contributed by atoms with Gasteiger partial charge in [-0.25, -0.2) is 0 Å². The lowest BCUT2D eigenvalue weighted by Crippen LogP contribution is -2.31. The minimum absolute atomic E-state index is 0.0406. The van der Waals surface area contributed by atoms with E-state index in [0.29, 0.717) is 11.3 Å². The Labute approximate surface area is 159 Å². The minimum atomic E-state index is -4.47. The van der Waals surface area contributed by atoms with Gasteiger partial charge in [-0.2, -0.15) is 13.2 Å². The number of hydrogen-bond acceptors (Lipinski definition) is 3. The van der Waals surface area contributed by atoms with E-state index in [1.807, 2.05) is 0 Å². The molecule has 0 aliphatic carbocycles. The molecule has 1 aromatic heterocycles. The molecule has 0 saturated heterocycles. The van der Waals surface area contributed by atoms with E-state index in [4.69, 9.17) is 4.42 Å². The predicted molar refractivity (Wildman–Crippen MR) is 96.2 cm³/mol. The van der Waals surface area contributed by atoms with Crippen molar-refractivity contribution in [1.82, 2.24) is 4.90 Å². The van der Waals surface area contributed by atoms with Crippen molar-refractivity contribution >= 4 is 5.91 Å². The maximum atomic E-state index is 12.9. The number of phenolic OH excluding ortho intramolecular Hbond substituents is 1. The summed E-state index contributed by atoms with van der Waals surface area (Å²) in [6.07, 6.45) is -3.19. The summed E-state index contributed by atoms with van der Waals surface area (Å²) in [6.45, 7) is 0.240. The summed E-state index contributed by atoms with van der Waals surface area (Å²) in [4.78, 5) is 14.3. The summed E-state index contributed by atoms with van der Waals surface area (Å²) in [6, 6.07) is 14.7. The second-order valence-electron chi connectivity index (χ2n) is 6.33. The van der Waals surface area contributed by atoms with Crippen molar-refractivity contribution < 1.29 is 27.5 Å². The lowest BCUT2D eigenvalue weighted by atomic mass is 10.1. The van der Waals surface area contributed by atoms with Crippen molar-refractivity contribution in [1.29, 1.82) is 0 Å². The van der Waals surface area contributed by atoms with Crippen LogP contribution in [0.2, 0.25) is 0 Å². The number of hydrogen-bond donors (Lipinski definition) is 1. The smallest absolute Gasteiger partial charge is 0.416 e. The largest absolute Gasteiger partial charge is 0.508 e. The number of phenols is 1. The highest BCUT2D eigenvalue weighted by Crippen LogP contribution is 2.30. The maximum Gasteiger partial charge on any atom is 0.416 e. The van der Waals surface area contributed by atoms with Crippen molar-refractivity contribution in [2.45, 2.75) is 25.7 Å². The second kappa shape index (κ2) is 8.21. The van der Waals surface area contributed by atoms with Crippen LogP contribution in [0.4, 0.5) is 13.2 Å². The van der Waals surface area contributed by atoms with E-state index >= 15 is 0 Å². The Morgan fingerprint density at radius 3 is 2.46 bits per heavy atom. The van der Waals surface area contributed by atoms with Gasteiger partial charge < -0.3 is 14.4 Å². The highest BCUT2D eigenvalue weighted by molar-refractivity contribution is 5.79. The third-order valence-corrected chi connectivity index (χ3v) is 4.24. The van der Waals surface area contributed by atoms with Crippen molar-refractivity contribution in [2.75, 3.05) is 0 Å². The molecule has 3 rings (SSSR count). The Balaban J connectivity index is 1.81. The van der Waals surface area contributed by atoms with Gasteiger partial charge in [0.25, 0.3) is 0 Å². The number of amides is 1. The van der Waals surface area contributed by atoms with Gasteiger partial charge in [0.2, 0.25) is 5.91 Å². The fourth-order valence-corrected chi connectivity index (χ4v) is 2.82. The van der Waals surface area contributed by atoms with Crippen LogP contribution in [0.15, 0.2) is 71.3 Å². The highest BCUT2D eigenvalue weighted by Gasteiger charge is 2.30. The lowest BCUT2D eigenvalue weighted by Gasteiger charge is -2.22. The van der Waals surface area contributed by atoms with Crippen molar-refractivity contribution in [2.24, 2.45) is 0 Å². The van der Waals surface area contributed by atoms with Crippen LogP contribution < -0.4 is 0 Å². The summed E-state index contributed by atoms with van der Waals surface area (Å²) in [5.74, 6) is 0.200. The molecule has 28 heavy (non-hydrogen) atoms. The summed E-state index contributed by atoms with van der Waals surface area (Å²) in [5, 5.41) is 10.00. The zero-order chi connectivity index (χ0) is 20.1. The molecular weight excluding hydrogens is 371 g/mol. The van der Waals surface area contributed by atoms with Crippen LogP contribution in [0.3, 0.4) is 0 Å². The van der Waals surface area contributed by atoms with Gasteiger partial charge in [0.05, 0.1) is 24.8 Å². The molecule has 146 valence electrons. The van der Waals surface area contributed by atoms with Crippen molar-refractivity contribution in [3.05, 3.63) is 89.4 Å². The molecule has 2 aromatic carbocycles. The lowest BCUT2D eigenvalue weighted by molar-refractivity contribution is -0.138. The highest BCUT2D eigenvalue weighted by atomic mass is 19.4. The Morgan fingerprint density at radius 2 is 1.79 bits per heavy atom. The molecule has 0 saturated carbocycles. The first kappa shape index (κ1) is 19.5. The fourth-order valence-electron chi connectivity index (χ4n) is 2.82. The van der Waals surface area contributed by atoms with E-state index in [2.05, 4.69) is 0 Å². The van der Waals surface area contributed by atoms with E-state index in [0.717, 1.165) is 12.1 Å². The Bertz CT molecular complexity index is 936. The number of nitrogens with zero attached hydrogens (tertiary/aromatic N) is 1. The zero-order valence-corrected chi connectivity index (χ0v) is 14.8. The van der Waals surface area contributed by atoms with Crippen LogP contribution in [0, 0.1) is 0 Å². The SMILES string of the molecule is O=C(Cc1cccc(C(F)(F)F)c1)N(Cc1ccco1)Cc1ccccc1O. The van der Waals surface area contributed by atoms with Gasteiger partial charge in [-0.3, -0.25) is 4.79 Å². The molecule has 0 unspecified atom stereocenters. The van der Waals surface area contributed by atoms with Crippen LogP contribution in [-0.2, 0) is 30.5 Å². The molecule has 0 aliphatic rings. The third-order valence-electron chi connectivity index (χ3n) is 4.24. The first-order chi connectivity index (χ1) is 13.3. The first-order valence-electron chi connectivity index (χ1n) is 8.56. The molecule has 1 amide bonds. The molecule has 0 bridgehead atoms. The average molecular weight is 389 g/mol. The molecule has 7 heteroatoms. The van der Waals surface area contributed by atoms with E-state index in [-0.39, 0.29) is 36.7 Å². The summed E-state index contributed by atoms with van der Waals surface area (Å²) >= 11 is 0. The molecule has 4 nitrogen and oxygen atoms in total. The number of aromatic hydroxyl groups is 1. The molecule has 0 spiro atoms. The van der Waals surface area contributed by atoms with Crippen molar-refractivity contribution in [3.8, 4) is 5.75 Å². The number of benzene rings is 2. The molecule has 3 aromatic rings. The Morgan fingerprint density at radius 1 is 1.00 bits per heavy atom. The molecular formula is C21H18F3NO3. The quantitative estimate of drug-likeness (QED) is 0.660. The maximum absolute atomic E-state index is 12.9. The van der Waals surface area contributed by atoms with E-state index in [1.165, 1.54) is 29.4 Å². The predicted octanol–water partition coefficient (Wildman–Crippen LogP) is 4.78. The average Bonchev–Trinajstić information content (AvgIpc) is 3.15. The molecule has 0 aliphatic heterocycles. The van der Waals surface area contributed by atoms with E-state index in [1.54, 1.807) is 30.3 Å². The molecule has 0 atom stereocenters. The Hall–Kier alpha value is -3.22. The van der Waals surface area contributed by atoms with Crippen molar-refractivity contribution in [3.63, 3.8) is 0 Å². The summed E-state index contributed by atoms with van der Waals surface area (Å²) < 4.78 is 44.0. The fraction of sp³-hybridized carbons (Fsp3) is 0.190. The number of para-hydroxylation sites is 1. The number of carbonyl (C=O) groups is 1. The van der Waals surface area contributed by atoms with Crippen LogP contribution in [0.25, 0.3) is 0 Å². The molecule has 1 N–H and O–H groups in total. The van der Waals surface area contributed by atoms with E-state index in [9.17, 15) is 23.1 Å². The number of halogens is 3. The zero-order valence-electron chi connectivity index (χ0n) is 14.8. The van der Waals surface area contributed by atoms with Gasteiger partial charge in [0, 0.05) is 12.1 Å². The van der Waals surface area contributed by atoms with E-state index < -0.39 is 11.7 Å². The molecule has 0 fully saturated rings. The van der Waals surface area contributed by atoms with Crippen LogP contribution >= 0.6 is 0 Å². The standard InChI is InChI=1S/C21H18F3NO3/c22-21(23,24)17-7-3-5-15(11-17)12-20(27)25(14-18-8-4-10-28-18)13-16-6-1-2-9-19(16)26/h1-11,26H,12-14H2. The topological polar surface area (TPSA) is 53.7 Å². The van der Waals surface area contributed by atoms with Gasteiger partial charge in [-0.15, -0.1) is 0 Å². The number of carbonyl (C=O) groups excluding carboxylic acids is 1. The molecule has 1 heterocycles.